The summed E-state index contributed by atoms with van der Waals surface area (Å²) >= 11 is 0. The lowest BCUT2D eigenvalue weighted by Gasteiger charge is -2.27. The van der Waals surface area contributed by atoms with Crippen LogP contribution in [-0.2, 0) is 6.54 Å². The van der Waals surface area contributed by atoms with Crippen molar-refractivity contribution in [2.75, 3.05) is 10.6 Å². The Balaban J connectivity index is 0.00000274. The van der Waals surface area contributed by atoms with Crippen LogP contribution in [0.5, 0.6) is 0 Å². The maximum Gasteiger partial charge on any atom is 0.227 e. The minimum Gasteiger partial charge on any atom is -0.364 e. The monoisotopic (exact) mass is 482 g/mol. The number of nitrogens with zero attached hydrogens (tertiary/aromatic N) is 7. The van der Waals surface area contributed by atoms with Crippen molar-refractivity contribution in [3.05, 3.63) is 48.7 Å². The highest BCUT2D eigenvalue weighted by atomic mass is 35.5. The van der Waals surface area contributed by atoms with E-state index in [4.69, 9.17) is 15.7 Å². The zero-order chi connectivity index (χ0) is 22.8. The van der Waals surface area contributed by atoms with E-state index < -0.39 is 0 Å². The quantitative estimate of drug-likeness (QED) is 0.364. The van der Waals surface area contributed by atoms with Crippen LogP contribution in [0.15, 0.2) is 43.1 Å². The fourth-order valence-electron chi connectivity index (χ4n) is 4.18. The van der Waals surface area contributed by atoms with Crippen LogP contribution in [0.4, 0.5) is 11.8 Å². The third-order valence-electron chi connectivity index (χ3n) is 6.09. The molecule has 0 saturated heterocycles. The van der Waals surface area contributed by atoms with E-state index in [1.54, 1.807) is 10.9 Å². The Labute approximate surface area is 204 Å². The largest absolute Gasteiger partial charge is 0.364 e. The molecule has 11 heteroatoms. The van der Waals surface area contributed by atoms with Crippen LogP contribution in [0.25, 0.3) is 17.0 Å². The molecular formula is C23H31ClN10. The minimum absolute atomic E-state index is 0. The number of rotatable bonds is 7. The summed E-state index contributed by atoms with van der Waals surface area (Å²) in [5, 5.41) is 11.2. The van der Waals surface area contributed by atoms with Gasteiger partial charge in [0, 0.05) is 43.3 Å². The van der Waals surface area contributed by atoms with Gasteiger partial charge in [-0.25, -0.2) is 14.6 Å². The molecule has 4 heterocycles. The Hall–Kier alpha value is -3.24. The Kier molecular flexibility index (Phi) is 7.28. The van der Waals surface area contributed by atoms with Crippen molar-refractivity contribution in [1.29, 1.82) is 0 Å². The molecular weight excluding hydrogens is 452 g/mol. The molecule has 34 heavy (non-hydrogen) atoms. The van der Waals surface area contributed by atoms with Crippen LogP contribution in [-0.4, -0.2) is 46.4 Å². The summed E-state index contributed by atoms with van der Waals surface area (Å²) in [6.07, 6.45) is 11.4. The second-order valence-corrected chi connectivity index (χ2v) is 8.90. The van der Waals surface area contributed by atoms with Crippen LogP contribution in [0.1, 0.15) is 51.1 Å². The fourth-order valence-corrected chi connectivity index (χ4v) is 4.18. The molecule has 1 aliphatic rings. The highest BCUT2D eigenvalue weighted by molar-refractivity contribution is 5.85. The molecule has 0 amide bonds. The number of anilines is 2. The summed E-state index contributed by atoms with van der Waals surface area (Å²) in [4.78, 5) is 18.7. The number of pyridine rings is 1. The normalized spacial score (nSPS) is 18.1. The van der Waals surface area contributed by atoms with Crippen LogP contribution in [0.2, 0.25) is 0 Å². The number of hydrogen-bond acceptors (Lipinski definition) is 8. The van der Waals surface area contributed by atoms with Gasteiger partial charge in [0.05, 0.1) is 6.33 Å². The maximum absolute atomic E-state index is 6.07. The standard InChI is InChI=1S/C23H30N10.ClH/c1-15(2)32-14-27-20-21(26-13-16-4-9-19(25-12-16)33-11-3-10-28-33)30-23(31-22(20)32)29-18-7-5-17(24)6-8-18;/h3-4,9-12,14-15,17-18H,5-8,13,24H2,1-2H3,(H2,26,29,30,31);1H. The van der Waals surface area contributed by atoms with Gasteiger partial charge in [0.2, 0.25) is 5.95 Å². The summed E-state index contributed by atoms with van der Waals surface area (Å²) in [7, 11) is 0. The number of nitrogens with two attached hydrogens (primary N) is 1. The van der Waals surface area contributed by atoms with Gasteiger partial charge in [-0.2, -0.15) is 15.1 Å². The van der Waals surface area contributed by atoms with Crippen molar-refractivity contribution in [2.24, 2.45) is 5.73 Å². The first-order valence-electron chi connectivity index (χ1n) is 11.5. The van der Waals surface area contributed by atoms with E-state index in [2.05, 4.69) is 44.1 Å². The lowest BCUT2D eigenvalue weighted by atomic mass is 9.92. The van der Waals surface area contributed by atoms with Crippen molar-refractivity contribution in [2.45, 2.75) is 64.2 Å². The van der Waals surface area contributed by atoms with Crippen molar-refractivity contribution >= 4 is 35.3 Å². The number of halogens is 1. The third-order valence-corrected chi connectivity index (χ3v) is 6.09. The van der Waals surface area contributed by atoms with Gasteiger partial charge in [0.1, 0.15) is 0 Å². The molecule has 5 rings (SSSR count). The second kappa shape index (κ2) is 10.4. The van der Waals surface area contributed by atoms with Gasteiger partial charge in [-0.05, 0) is 57.2 Å². The molecule has 1 fully saturated rings. The second-order valence-electron chi connectivity index (χ2n) is 8.90. The Morgan fingerprint density at radius 3 is 2.62 bits per heavy atom. The fraction of sp³-hybridized carbons (Fsp3) is 0.435. The smallest absolute Gasteiger partial charge is 0.227 e. The molecule has 0 aromatic carbocycles. The molecule has 1 saturated carbocycles. The van der Waals surface area contributed by atoms with E-state index in [1.807, 2.05) is 36.9 Å². The van der Waals surface area contributed by atoms with Gasteiger partial charge >= 0.3 is 0 Å². The van der Waals surface area contributed by atoms with E-state index in [-0.39, 0.29) is 18.4 Å². The summed E-state index contributed by atoms with van der Waals surface area (Å²) in [5.41, 5.74) is 8.70. The van der Waals surface area contributed by atoms with Crippen molar-refractivity contribution < 1.29 is 0 Å². The van der Waals surface area contributed by atoms with E-state index >= 15 is 0 Å². The van der Waals surface area contributed by atoms with Gasteiger partial charge in [0.15, 0.2) is 22.8 Å². The number of nitrogens with one attached hydrogen (secondary N) is 2. The number of hydrogen-bond donors (Lipinski definition) is 3. The predicted octanol–water partition coefficient (Wildman–Crippen LogP) is 3.70. The van der Waals surface area contributed by atoms with E-state index in [0.717, 1.165) is 48.2 Å². The van der Waals surface area contributed by atoms with Gasteiger partial charge in [-0.15, -0.1) is 12.4 Å². The Morgan fingerprint density at radius 1 is 1.12 bits per heavy atom. The molecule has 4 aromatic heterocycles. The Bertz CT molecular complexity index is 1190. The summed E-state index contributed by atoms with van der Waals surface area (Å²) in [6, 6.07) is 6.75. The van der Waals surface area contributed by atoms with Crippen molar-refractivity contribution in [1.82, 2.24) is 34.3 Å². The van der Waals surface area contributed by atoms with Crippen LogP contribution in [0, 0.1) is 0 Å². The predicted molar refractivity (Wildman–Crippen MR) is 135 cm³/mol. The molecule has 0 unspecified atom stereocenters. The zero-order valence-electron chi connectivity index (χ0n) is 19.4. The van der Waals surface area contributed by atoms with Gasteiger partial charge < -0.3 is 20.9 Å². The lowest BCUT2D eigenvalue weighted by molar-refractivity contribution is 0.410. The topological polar surface area (TPSA) is 124 Å². The zero-order valence-corrected chi connectivity index (χ0v) is 20.2. The number of fused-ring (bicyclic) bond motifs is 1. The molecule has 4 N–H and O–H groups in total. The minimum atomic E-state index is 0. The first kappa shape index (κ1) is 23.9. The van der Waals surface area contributed by atoms with Gasteiger partial charge in [-0.3, -0.25) is 0 Å². The van der Waals surface area contributed by atoms with Crippen LogP contribution >= 0.6 is 12.4 Å². The van der Waals surface area contributed by atoms with Crippen LogP contribution in [0.3, 0.4) is 0 Å². The molecule has 0 aliphatic heterocycles. The average Bonchev–Trinajstić information content (AvgIpc) is 3.50. The third kappa shape index (κ3) is 5.13. The molecule has 0 bridgehead atoms. The summed E-state index contributed by atoms with van der Waals surface area (Å²) in [6.45, 7) is 4.82. The lowest BCUT2D eigenvalue weighted by Crippen LogP contribution is -2.33. The average molecular weight is 483 g/mol. The maximum atomic E-state index is 6.07. The molecule has 4 aromatic rings. The first-order valence-corrected chi connectivity index (χ1v) is 11.5. The molecule has 1 aliphatic carbocycles. The van der Waals surface area contributed by atoms with E-state index in [1.165, 1.54) is 0 Å². The highest BCUT2D eigenvalue weighted by Crippen LogP contribution is 2.26. The highest BCUT2D eigenvalue weighted by Gasteiger charge is 2.21. The van der Waals surface area contributed by atoms with Crippen LogP contribution < -0.4 is 16.4 Å². The molecule has 10 nitrogen and oxygen atoms in total. The molecule has 0 spiro atoms. The Morgan fingerprint density at radius 2 is 1.94 bits per heavy atom. The summed E-state index contributed by atoms with van der Waals surface area (Å²) < 4.78 is 3.81. The molecule has 0 atom stereocenters. The van der Waals surface area contributed by atoms with E-state index in [9.17, 15) is 0 Å². The summed E-state index contributed by atoms with van der Waals surface area (Å²) in [5.74, 6) is 2.12. The van der Waals surface area contributed by atoms with Gasteiger partial charge in [-0.1, -0.05) is 6.07 Å². The first-order chi connectivity index (χ1) is 16.1. The number of aromatic nitrogens is 7. The molecule has 180 valence electrons. The van der Waals surface area contributed by atoms with Gasteiger partial charge in [0.25, 0.3) is 0 Å². The van der Waals surface area contributed by atoms with Crippen molar-refractivity contribution in [3.8, 4) is 5.82 Å². The molecule has 0 radical (unpaired) electrons. The number of imidazole rings is 1. The van der Waals surface area contributed by atoms with E-state index in [0.29, 0.717) is 30.4 Å². The van der Waals surface area contributed by atoms with Crippen molar-refractivity contribution in [3.63, 3.8) is 0 Å². The SMILES string of the molecule is CC(C)n1cnc2c(NCc3ccc(-n4cccn4)nc3)nc(NC3CCC(N)CC3)nc21.Cl.